The molecule has 1 aliphatic rings. The Hall–Kier alpha value is -0.620. The molecule has 1 saturated heterocycles. The molecule has 0 atom stereocenters. The molecule has 1 aliphatic heterocycles. The zero-order valence-electron chi connectivity index (χ0n) is 8.32. The van der Waals surface area contributed by atoms with Gasteiger partial charge in [0, 0.05) is 26.1 Å². The number of hydrogen-bond donors (Lipinski definition) is 1. The molecule has 1 fully saturated rings. The average molecular weight is 220 g/mol. The van der Waals surface area contributed by atoms with E-state index in [0.29, 0.717) is 26.1 Å². The van der Waals surface area contributed by atoms with E-state index in [1.165, 1.54) is 4.31 Å². The Morgan fingerprint density at radius 1 is 1.43 bits per heavy atom. The van der Waals surface area contributed by atoms with E-state index in [0.717, 1.165) is 0 Å². The number of amides is 1. The molecule has 0 radical (unpaired) electrons. The van der Waals surface area contributed by atoms with Crippen molar-refractivity contribution in [1.29, 1.82) is 0 Å². The van der Waals surface area contributed by atoms with E-state index in [-0.39, 0.29) is 18.1 Å². The predicted molar refractivity (Wildman–Crippen MR) is 53.3 cm³/mol. The SMILES string of the molecule is CCCS(=O)(=O)N1CCNC(=O)CC1. The lowest BCUT2D eigenvalue weighted by Gasteiger charge is -2.18. The lowest BCUT2D eigenvalue weighted by atomic mass is 10.4. The van der Waals surface area contributed by atoms with Crippen molar-refractivity contribution in [3.8, 4) is 0 Å². The third-order valence-corrected chi connectivity index (χ3v) is 4.20. The summed E-state index contributed by atoms with van der Waals surface area (Å²) >= 11 is 0. The van der Waals surface area contributed by atoms with Crippen molar-refractivity contribution in [1.82, 2.24) is 9.62 Å². The van der Waals surface area contributed by atoms with Crippen LogP contribution in [-0.4, -0.2) is 44.0 Å². The standard InChI is InChI=1S/C8H16N2O3S/c1-2-7-14(12,13)10-5-3-8(11)9-4-6-10/h2-7H2,1H3,(H,9,11). The van der Waals surface area contributed by atoms with Gasteiger partial charge in [0.05, 0.1) is 5.75 Å². The molecule has 0 aromatic rings. The van der Waals surface area contributed by atoms with Gasteiger partial charge in [-0.15, -0.1) is 0 Å². The maximum atomic E-state index is 11.6. The molecule has 0 aromatic carbocycles. The van der Waals surface area contributed by atoms with Crippen molar-refractivity contribution < 1.29 is 13.2 Å². The van der Waals surface area contributed by atoms with E-state index in [1.54, 1.807) is 0 Å². The fourth-order valence-electron chi connectivity index (χ4n) is 1.41. The molecule has 5 nitrogen and oxygen atoms in total. The van der Waals surface area contributed by atoms with E-state index < -0.39 is 10.0 Å². The number of sulfonamides is 1. The molecule has 82 valence electrons. The molecular formula is C8H16N2O3S. The van der Waals surface area contributed by atoms with Gasteiger partial charge < -0.3 is 5.32 Å². The van der Waals surface area contributed by atoms with Gasteiger partial charge in [0.25, 0.3) is 0 Å². The van der Waals surface area contributed by atoms with Crippen LogP contribution in [0.3, 0.4) is 0 Å². The molecule has 0 aliphatic carbocycles. The van der Waals surface area contributed by atoms with E-state index in [2.05, 4.69) is 5.32 Å². The van der Waals surface area contributed by atoms with Crippen LogP contribution in [0.2, 0.25) is 0 Å². The van der Waals surface area contributed by atoms with Crippen molar-refractivity contribution in [3.05, 3.63) is 0 Å². The number of carbonyl (C=O) groups excluding carboxylic acids is 1. The first kappa shape index (κ1) is 11.5. The lowest BCUT2D eigenvalue weighted by molar-refractivity contribution is -0.120. The zero-order valence-corrected chi connectivity index (χ0v) is 9.14. The summed E-state index contributed by atoms with van der Waals surface area (Å²) in [5, 5.41) is 2.64. The van der Waals surface area contributed by atoms with Gasteiger partial charge in [-0.25, -0.2) is 8.42 Å². The normalized spacial score (nSPS) is 20.2. The third kappa shape index (κ3) is 2.95. The van der Waals surface area contributed by atoms with Crippen LogP contribution in [0.15, 0.2) is 0 Å². The highest BCUT2D eigenvalue weighted by molar-refractivity contribution is 7.89. The van der Waals surface area contributed by atoms with Gasteiger partial charge in [-0.2, -0.15) is 4.31 Å². The molecule has 0 unspecified atom stereocenters. The Bertz CT molecular complexity index is 300. The summed E-state index contributed by atoms with van der Waals surface area (Å²) in [5.41, 5.74) is 0. The summed E-state index contributed by atoms with van der Waals surface area (Å²) in [6, 6.07) is 0. The highest BCUT2D eigenvalue weighted by atomic mass is 32.2. The molecule has 1 N–H and O–H groups in total. The van der Waals surface area contributed by atoms with Crippen LogP contribution >= 0.6 is 0 Å². The van der Waals surface area contributed by atoms with Crippen molar-refractivity contribution >= 4 is 15.9 Å². The van der Waals surface area contributed by atoms with Crippen LogP contribution in [0, 0.1) is 0 Å². The second-order valence-corrected chi connectivity index (χ2v) is 5.40. The van der Waals surface area contributed by atoms with Gasteiger partial charge in [0.2, 0.25) is 15.9 Å². The van der Waals surface area contributed by atoms with Crippen LogP contribution in [0.25, 0.3) is 0 Å². The quantitative estimate of drug-likeness (QED) is 0.700. The molecule has 1 heterocycles. The van der Waals surface area contributed by atoms with Gasteiger partial charge in [0.15, 0.2) is 0 Å². The minimum Gasteiger partial charge on any atom is -0.355 e. The first-order valence-corrected chi connectivity index (χ1v) is 6.41. The number of nitrogens with zero attached hydrogens (tertiary/aromatic N) is 1. The summed E-state index contributed by atoms with van der Waals surface area (Å²) in [6.45, 7) is 2.96. The molecule has 0 spiro atoms. The number of rotatable bonds is 3. The topological polar surface area (TPSA) is 66.5 Å². The Morgan fingerprint density at radius 3 is 2.79 bits per heavy atom. The van der Waals surface area contributed by atoms with E-state index in [1.807, 2.05) is 6.92 Å². The predicted octanol–water partition coefficient (Wildman–Crippen LogP) is -0.452. The Morgan fingerprint density at radius 2 is 2.14 bits per heavy atom. The minimum atomic E-state index is -3.14. The summed E-state index contributed by atoms with van der Waals surface area (Å²) in [4.78, 5) is 11.0. The Labute approximate surface area is 84.5 Å². The Balaban J connectivity index is 2.63. The van der Waals surface area contributed by atoms with Crippen LogP contribution in [-0.2, 0) is 14.8 Å². The smallest absolute Gasteiger partial charge is 0.221 e. The second kappa shape index (κ2) is 4.75. The first-order chi connectivity index (χ1) is 6.56. The van der Waals surface area contributed by atoms with Crippen molar-refractivity contribution in [2.75, 3.05) is 25.4 Å². The van der Waals surface area contributed by atoms with Crippen molar-refractivity contribution in [2.24, 2.45) is 0 Å². The van der Waals surface area contributed by atoms with Crippen LogP contribution in [0.1, 0.15) is 19.8 Å². The maximum Gasteiger partial charge on any atom is 0.221 e. The monoisotopic (exact) mass is 220 g/mol. The van der Waals surface area contributed by atoms with Gasteiger partial charge in [-0.05, 0) is 6.42 Å². The molecule has 0 bridgehead atoms. The fourth-order valence-corrected chi connectivity index (χ4v) is 2.92. The van der Waals surface area contributed by atoms with Gasteiger partial charge >= 0.3 is 0 Å². The second-order valence-electron chi connectivity index (χ2n) is 3.32. The summed E-state index contributed by atoms with van der Waals surface area (Å²) in [6.07, 6.45) is 0.878. The lowest BCUT2D eigenvalue weighted by Crippen LogP contribution is -2.35. The number of carbonyl (C=O) groups is 1. The molecule has 0 aromatic heterocycles. The molecular weight excluding hydrogens is 204 g/mol. The fraction of sp³-hybridized carbons (Fsp3) is 0.875. The average Bonchev–Trinajstić information content (AvgIpc) is 2.30. The third-order valence-electron chi connectivity index (χ3n) is 2.13. The van der Waals surface area contributed by atoms with E-state index in [4.69, 9.17) is 0 Å². The summed E-state index contributed by atoms with van der Waals surface area (Å²) in [5.74, 6) is 0.0977. The molecule has 14 heavy (non-hydrogen) atoms. The van der Waals surface area contributed by atoms with E-state index >= 15 is 0 Å². The molecule has 1 rings (SSSR count). The summed E-state index contributed by atoms with van der Waals surface area (Å²) < 4.78 is 24.7. The van der Waals surface area contributed by atoms with Gasteiger partial charge in [0.1, 0.15) is 0 Å². The van der Waals surface area contributed by atoms with E-state index in [9.17, 15) is 13.2 Å². The van der Waals surface area contributed by atoms with Crippen LogP contribution in [0.4, 0.5) is 0 Å². The summed E-state index contributed by atoms with van der Waals surface area (Å²) in [7, 11) is -3.14. The van der Waals surface area contributed by atoms with Crippen LogP contribution < -0.4 is 5.32 Å². The first-order valence-electron chi connectivity index (χ1n) is 4.81. The molecule has 1 amide bonds. The highest BCUT2D eigenvalue weighted by Crippen LogP contribution is 2.06. The van der Waals surface area contributed by atoms with Crippen molar-refractivity contribution in [3.63, 3.8) is 0 Å². The largest absolute Gasteiger partial charge is 0.355 e. The van der Waals surface area contributed by atoms with Crippen molar-refractivity contribution in [2.45, 2.75) is 19.8 Å². The highest BCUT2D eigenvalue weighted by Gasteiger charge is 2.23. The van der Waals surface area contributed by atoms with Gasteiger partial charge in [-0.1, -0.05) is 6.92 Å². The zero-order chi connectivity index (χ0) is 10.6. The Kier molecular flexibility index (Phi) is 3.88. The number of nitrogens with one attached hydrogen (secondary N) is 1. The van der Waals surface area contributed by atoms with Crippen LogP contribution in [0.5, 0.6) is 0 Å². The minimum absolute atomic E-state index is 0.0702. The van der Waals surface area contributed by atoms with Gasteiger partial charge in [-0.3, -0.25) is 4.79 Å². The number of hydrogen-bond acceptors (Lipinski definition) is 3. The maximum absolute atomic E-state index is 11.6. The molecule has 0 saturated carbocycles. The molecule has 6 heteroatoms.